The summed E-state index contributed by atoms with van der Waals surface area (Å²) >= 11 is 0. The zero-order valence-corrected chi connectivity index (χ0v) is 17.5. The molecule has 156 valence electrons. The van der Waals surface area contributed by atoms with Crippen LogP contribution in [0.4, 0.5) is 0 Å². The van der Waals surface area contributed by atoms with Crippen molar-refractivity contribution in [2.75, 3.05) is 0 Å². The lowest BCUT2D eigenvalue weighted by atomic mass is 9.72. The number of aliphatic carboxylic acids is 1. The molecule has 1 heterocycles. The lowest BCUT2D eigenvalue weighted by molar-refractivity contribution is -0.144. The average molecular weight is 404 g/mol. The van der Waals surface area contributed by atoms with E-state index in [0.717, 1.165) is 40.8 Å². The van der Waals surface area contributed by atoms with E-state index >= 15 is 0 Å². The van der Waals surface area contributed by atoms with Gasteiger partial charge in [-0.3, -0.25) is 4.79 Å². The van der Waals surface area contributed by atoms with Gasteiger partial charge in [0.05, 0.1) is 16.6 Å². The van der Waals surface area contributed by atoms with Gasteiger partial charge in [0.2, 0.25) is 0 Å². The van der Waals surface area contributed by atoms with Crippen LogP contribution in [0.25, 0.3) is 10.9 Å². The van der Waals surface area contributed by atoms with Crippen molar-refractivity contribution in [1.82, 2.24) is 4.98 Å². The number of aromatic nitrogens is 1. The fourth-order valence-corrected chi connectivity index (χ4v) is 4.56. The number of ether oxygens (including phenoxy) is 1. The van der Waals surface area contributed by atoms with E-state index in [1.807, 2.05) is 67.6 Å². The summed E-state index contributed by atoms with van der Waals surface area (Å²) in [6, 6.07) is 19.6. The molecule has 2 aromatic carbocycles. The monoisotopic (exact) mass is 403 g/mol. The minimum absolute atomic E-state index is 0.377. The minimum atomic E-state index is -0.861. The smallest absolute Gasteiger partial charge is 0.313 e. The second-order valence-corrected chi connectivity index (χ2v) is 8.65. The van der Waals surface area contributed by atoms with Gasteiger partial charge < -0.3 is 9.84 Å². The van der Waals surface area contributed by atoms with E-state index in [2.05, 4.69) is 4.98 Å². The van der Waals surface area contributed by atoms with Gasteiger partial charge >= 0.3 is 5.97 Å². The van der Waals surface area contributed by atoms with Crippen molar-refractivity contribution >= 4 is 16.9 Å². The van der Waals surface area contributed by atoms with Crippen LogP contribution < -0.4 is 4.74 Å². The Morgan fingerprint density at radius 1 is 1.03 bits per heavy atom. The molecular weight excluding hydrogens is 374 g/mol. The maximum absolute atomic E-state index is 12.2. The third-order valence-corrected chi connectivity index (χ3v) is 6.43. The van der Waals surface area contributed by atoms with Crippen LogP contribution in [0, 0.1) is 5.92 Å². The van der Waals surface area contributed by atoms with Gasteiger partial charge in [-0.25, -0.2) is 4.98 Å². The van der Waals surface area contributed by atoms with Crippen LogP contribution in [0.15, 0.2) is 60.7 Å². The molecule has 1 unspecified atom stereocenters. The number of hydrogen-bond acceptors (Lipinski definition) is 3. The Morgan fingerprint density at radius 3 is 2.50 bits per heavy atom. The Bertz CT molecular complexity index is 1010. The molecule has 4 heteroatoms. The van der Waals surface area contributed by atoms with E-state index in [-0.39, 0.29) is 0 Å². The Hall–Kier alpha value is -2.88. The summed E-state index contributed by atoms with van der Waals surface area (Å²) in [5.41, 5.74) is 1.80. The number of carbonyl (C=O) groups is 1. The maximum Gasteiger partial charge on any atom is 0.313 e. The van der Waals surface area contributed by atoms with Gasteiger partial charge in [0.25, 0.3) is 0 Å². The first-order chi connectivity index (χ1) is 14.5. The molecule has 1 atom stereocenters. The molecule has 4 nitrogen and oxygen atoms in total. The topological polar surface area (TPSA) is 59.4 Å². The third-order valence-electron chi connectivity index (χ3n) is 6.43. The van der Waals surface area contributed by atoms with Crippen molar-refractivity contribution in [2.24, 2.45) is 5.92 Å². The molecule has 0 saturated heterocycles. The molecule has 0 aliphatic heterocycles. The van der Waals surface area contributed by atoms with Crippen molar-refractivity contribution in [1.29, 1.82) is 0 Å². The van der Waals surface area contributed by atoms with Crippen LogP contribution in [-0.4, -0.2) is 16.1 Å². The second kappa shape index (κ2) is 8.86. The van der Waals surface area contributed by atoms with Crippen LogP contribution in [-0.2, 0) is 16.8 Å². The highest BCUT2D eigenvalue weighted by Crippen LogP contribution is 2.38. The van der Waals surface area contributed by atoms with Crippen molar-refractivity contribution in [2.45, 2.75) is 57.5 Å². The molecule has 4 rings (SSSR count). The molecule has 0 bridgehead atoms. The highest BCUT2D eigenvalue weighted by atomic mass is 16.5. The largest absolute Gasteiger partial charge is 0.487 e. The lowest BCUT2D eigenvalue weighted by Crippen LogP contribution is -2.35. The molecule has 30 heavy (non-hydrogen) atoms. The standard InChI is InChI=1S/C26H29NO3/c1-26(25(28)29,17-19-7-3-2-4-8-19)21-12-15-23(16-13-21)30-18-22-14-11-20-9-5-6-10-24(20)27-22/h5-6,9-16,19H,2-4,7-8,17-18H2,1H3,(H,28,29). The molecule has 1 aliphatic rings. The zero-order chi connectivity index (χ0) is 21.0. The normalized spacial score (nSPS) is 16.8. The summed E-state index contributed by atoms with van der Waals surface area (Å²) < 4.78 is 5.91. The minimum Gasteiger partial charge on any atom is -0.487 e. The molecule has 1 N–H and O–H groups in total. The number of pyridine rings is 1. The second-order valence-electron chi connectivity index (χ2n) is 8.65. The van der Waals surface area contributed by atoms with E-state index < -0.39 is 11.4 Å². The SMILES string of the molecule is CC(CC1CCCCC1)(C(=O)O)c1ccc(OCc2ccc3ccccc3n2)cc1. The van der Waals surface area contributed by atoms with Crippen LogP contribution >= 0.6 is 0 Å². The van der Waals surface area contributed by atoms with E-state index in [9.17, 15) is 9.90 Å². The third kappa shape index (κ3) is 4.48. The first-order valence-electron chi connectivity index (χ1n) is 10.9. The van der Waals surface area contributed by atoms with Gasteiger partial charge in [0, 0.05) is 5.39 Å². The number of benzene rings is 2. The van der Waals surface area contributed by atoms with Crippen molar-refractivity contribution < 1.29 is 14.6 Å². The van der Waals surface area contributed by atoms with Gasteiger partial charge in [-0.15, -0.1) is 0 Å². The predicted octanol–water partition coefficient (Wildman–Crippen LogP) is 6.13. The fourth-order valence-electron chi connectivity index (χ4n) is 4.56. The Labute approximate surface area is 177 Å². The average Bonchev–Trinajstić information content (AvgIpc) is 2.78. The maximum atomic E-state index is 12.2. The summed E-state index contributed by atoms with van der Waals surface area (Å²) in [4.78, 5) is 16.8. The molecule has 3 aromatic rings. The first-order valence-corrected chi connectivity index (χ1v) is 10.9. The van der Waals surface area contributed by atoms with E-state index in [4.69, 9.17) is 4.74 Å². The molecule has 0 radical (unpaired) electrons. The predicted molar refractivity (Wildman–Crippen MR) is 119 cm³/mol. The van der Waals surface area contributed by atoms with E-state index in [1.54, 1.807) is 0 Å². The molecular formula is C26H29NO3. The van der Waals surface area contributed by atoms with Crippen molar-refractivity contribution in [3.63, 3.8) is 0 Å². The van der Waals surface area contributed by atoms with Gasteiger partial charge in [0.15, 0.2) is 0 Å². The highest BCUT2D eigenvalue weighted by molar-refractivity contribution is 5.81. The summed E-state index contributed by atoms with van der Waals surface area (Å²) in [5.74, 6) is 0.468. The van der Waals surface area contributed by atoms with E-state index in [1.165, 1.54) is 19.3 Å². The van der Waals surface area contributed by atoms with Crippen molar-refractivity contribution in [3.8, 4) is 5.75 Å². The number of hydrogen-bond donors (Lipinski definition) is 1. The van der Waals surface area contributed by atoms with Crippen LogP contribution in [0.2, 0.25) is 0 Å². The molecule has 1 aliphatic carbocycles. The first kappa shape index (κ1) is 20.4. The number of para-hydroxylation sites is 1. The van der Waals surface area contributed by atoms with Crippen LogP contribution in [0.5, 0.6) is 5.75 Å². The summed E-state index contributed by atoms with van der Waals surface area (Å²) in [7, 11) is 0. The summed E-state index contributed by atoms with van der Waals surface area (Å²) in [6.07, 6.45) is 6.69. The quantitative estimate of drug-likeness (QED) is 0.516. The molecule has 1 fully saturated rings. The van der Waals surface area contributed by atoms with Crippen LogP contribution in [0.3, 0.4) is 0 Å². The molecule has 0 amide bonds. The lowest BCUT2D eigenvalue weighted by Gasteiger charge is -2.32. The summed E-state index contributed by atoms with van der Waals surface area (Å²) in [5, 5.41) is 11.1. The number of fused-ring (bicyclic) bond motifs is 1. The number of nitrogens with zero attached hydrogens (tertiary/aromatic N) is 1. The number of rotatable bonds is 7. The van der Waals surface area contributed by atoms with Gasteiger partial charge in [-0.1, -0.05) is 68.5 Å². The Morgan fingerprint density at radius 2 is 1.77 bits per heavy atom. The van der Waals surface area contributed by atoms with Gasteiger partial charge in [-0.05, 0) is 49.1 Å². The Kier molecular flexibility index (Phi) is 6.03. The molecule has 1 aromatic heterocycles. The number of carboxylic acid groups (broad SMARTS) is 1. The van der Waals surface area contributed by atoms with E-state index in [0.29, 0.717) is 18.9 Å². The van der Waals surface area contributed by atoms with Gasteiger partial charge in [-0.2, -0.15) is 0 Å². The zero-order valence-electron chi connectivity index (χ0n) is 17.5. The number of carboxylic acids is 1. The molecule has 1 saturated carbocycles. The fraction of sp³-hybridized carbons (Fsp3) is 0.385. The Balaban J connectivity index is 1.44. The van der Waals surface area contributed by atoms with Gasteiger partial charge in [0.1, 0.15) is 12.4 Å². The van der Waals surface area contributed by atoms with Crippen molar-refractivity contribution in [3.05, 3.63) is 71.9 Å². The molecule has 0 spiro atoms. The highest BCUT2D eigenvalue weighted by Gasteiger charge is 2.37. The summed E-state index contributed by atoms with van der Waals surface area (Å²) in [6.45, 7) is 2.24. The van der Waals surface area contributed by atoms with Crippen LogP contribution in [0.1, 0.15) is 56.7 Å².